The second-order valence-electron chi connectivity index (χ2n) is 9.16. The Morgan fingerprint density at radius 2 is 2.03 bits per heavy atom. The van der Waals surface area contributed by atoms with Gasteiger partial charge in [-0.15, -0.1) is 0 Å². The maximum atomic E-state index is 11.2. The molecule has 2 atom stereocenters. The summed E-state index contributed by atoms with van der Waals surface area (Å²) in [6.45, 7) is 2.28. The Morgan fingerprint density at radius 1 is 1.19 bits per heavy atom. The van der Waals surface area contributed by atoms with Gasteiger partial charge in [0.15, 0.2) is 0 Å². The van der Waals surface area contributed by atoms with Crippen LogP contribution in [0.5, 0.6) is 5.75 Å². The molecule has 5 rings (SSSR count). The van der Waals surface area contributed by atoms with Crippen molar-refractivity contribution in [2.45, 2.75) is 25.5 Å². The monoisotopic (exact) mass is 486 g/mol. The minimum atomic E-state index is -0.447. The molecule has 3 aromatic carbocycles. The molecule has 0 bridgehead atoms. The molecule has 1 aromatic heterocycles. The minimum absolute atomic E-state index is 0.124. The van der Waals surface area contributed by atoms with E-state index in [0.29, 0.717) is 19.6 Å². The first-order valence-corrected chi connectivity index (χ1v) is 12.1. The topological polar surface area (TPSA) is 98.2 Å². The van der Waals surface area contributed by atoms with Gasteiger partial charge in [0.25, 0.3) is 0 Å². The van der Waals surface area contributed by atoms with E-state index < -0.39 is 6.04 Å². The standard InChI is InChI=1S/C29H30N2O5/c1-18(33)34-11-9-19-5-4-8-26-29(19)36-27(16-31(26)2)23-14-22-10-12-35-28(22)24(15-23)20-6-3-7-21(13-20)25(30)17-32/h3-8,10,12-15,25,27,32H,9,11,16-17,30H2,1-2H3/t25-,27?/m1/s1. The van der Waals surface area contributed by atoms with Crippen molar-refractivity contribution >= 4 is 22.6 Å². The molecule has 0 aliphatic carbocycles. The number of carbonyl (C=O) groups is 1. The number of ether oxygens (including phenoxy) is 2. The predicted octanol–water partition coefficient (Wildman–Crippen LogP) is 4.77. The van der Waals surface area contributed by atoms with Crippen molar-refractivity contribution < 1.29 is 23.8 Å². The number of likely N-dealkylation sites (N-methyl/N-ethyl adjacent to an activating group) is 1. The second kappa shape index (κ2) is 10.0. The molecule has 1 unspecified atom stereocenters. The molecule has 0 spiro atoms. The Bertz CT molecular complexity index is 1400. The number of anilines is 1. The van der Waals surface area contributed by atoms with Crippen LogP contribution in [0.4, 0.5) is 5.69 Å². The highest BCUT2D eigenvalue weighted by atomic mass is 16.5. The van der Waals surface area contributed by atoms with E-state index in [1.807, 2.05) is 48.5 Å². The fourth-order valence-electron chi connectivity index (χ4n) is 4.76. The van der Waals surface area contributed by atoms with Crippen LogP contribution in [0.3, 0.4) is 0 Å². The van der Waals surface area contributed by atoms with E-state index in [0.717, 1.165) is 50.2 Å². The van der Waals surface area contributed by atoms with Crippen LogP contribution in [-0.2, 0) is 16.0 Å². The lowest BCUT2D eigenvalue weighted by atomic mass is 9.95. The smallest absolute Gasteiger partial charge is 0.302 e. The first-order chi connectivity index (χ1) is 17.4. The van der Waals surface area contributed by atoms with E-state index in [9.17, 15) is 9.90 Å². The molecule has 0 amide bonds. The summed E-state index contributed by atoms with van der Waals surface area (Å²) in [5.74, 6) is 0.522. The molecule has 186 valence electrons. The van der Waals surface area contributed by atoms with E-state index in [4.69, 9.17) is 19.6 Å². The molecule has 0 radical (unpaired) electrons. The van der Waals surface area contributed by atoms with Gasteiger partial charge in [-0.25, -0.2) is 0 Å². The van der Waals surface area contributed by atoms with E-state index in [1.165, 1.54) is 6.92 Å². The molecule has 36 heavy (non-hydrogen) atoms. The van der Waals surface area contributed by atoms with Crippen LogP contribution in [-0.4, -0.2) is 37.9 Å². The normalized spacial score (nSPS) is 15.9. The third-order valence-electron chi connectivity index (χ3n) is 6.63. The lowest BCUT2D eigenvalue weighted by Crippen LogP contribution is -2.32. The Hall–Kier alpha value is -3.81. The summed E-state index contributed by atoms with van der Waals surface area (Å²) in [7, 11) is 2.06. The maximum Gasteiger partial charge on any atom is 0.302 e. The zero-order valence-corrected chi connectivity index (χ0v) is 20.4. The van der Waals surface area contributed by atoms with Gasteiger partial charge < -0.3 is 29.6 Å². The lowest BCUT2D eigenvalue weighted by molar-refractivity contribution is -0.140. The van der Waals surface area contributed by atoms with E-state index in [-0.39, 0.29) is 18.7 Å². The fraction of sp³-hybridized carbons (Fsp3) is 0.276. The first kappa shape index (κ1) is 23.9. The number of esters is 1. The van der Waals surface area contributed by atoms with Crippen LogP contribution in [0.25, 0.3) is 22.1 Å². The van der Waals surface area contributed by atoms with Crippen molar-refractivity contribution in [2.24, 2.45) is 5.73 Å². The molecular formula is C29H30N2O5. The number of fused-ring (bicyclic) bond motifs is 2. The number of para-hydroxylation sites is 1. The van der Waals surface area contributed by atoms with Crippen molar-refractivity contribution in [1.29, 1.82) is 0 Å². The summed E-state index contributed by atoms with van der Waals surface area (Å²) in [4.78, 5) is 13.4. The molecule has 7 nitrogen and oxygen atoms in total. The van der Waals surface area contributed by atoms with Gasteiger partial charge in [0.1, 0.15) is 17.4 Å². The van der Waals surface area contributed by atoms with Gasteiger partial charge >= 0.3 is 5.97 Å². The molecule has 3 N–H and O–H groups in total. The number of benzene rings is 3. The van der Waals surface area contributed by atoms with Gasteiger partial charge in [0, 0.05) is 31.3 Å². The molecule has 4 aromatic rings. The zero-order chi connectivity index (χ0) is 25.2. The largest absolute Gasteiger partial charge is 0.481 e. The lowest BCUT2D eigenvalue weighted by Gasteiger charge is -2.35. The van der Waals surface area contributed by atoms with Gasteiger partial charge in [-0.1, -0.05) is 30.3 Å². The van der Waals surface area contributed by atoms with E-state index in [1.54, 1.807) is 6.26 Å². The summed E-state index contributed by atoms with van der Waals surface area (Å²) in [5.41, 5.74) is 12.7. The van der Waals surface area contributed by atoms with Crippen LogP contribution in [0.15, 0.2) is 71.3 Å². The van der Waals surface area contributed by atoms with E-state index in [2.05, 4.69) is 24.1 Å². The van der Waals surface area contributed by atoms with Crippen molar-refractivity contribution in [2.75, 3.05) is 31.7 Å². The third kappa shape index (κ3) is 4.67. The summed E-state index contributed by atoms with van der Waals surface area (Å²) in [6.07, 6.45) is 2.06. The van der Waals surface area contributed by atoms with Gasteiger partial charge in [-0.3, -0.25) is 4.79 Å². The zero-order valence-electron chi connectivity index (χ0n) is 20.4. The predicted molar refractivity (Wildman–Crippen MR) is 139 cm³/mol. The second-order valence-corrected chi connectivity index (χ2v) is 9.16. The molecule has 0 saturated heterocycles. The number of carbonyl (C=O) groups excluding carboxylic acids is 1. The van der Waals surface area contributed by atoms with Gasteiger partial charge in [-0.05, 0) is 52.6 Å². The minimum Gasteiger partial charge on any atom is -0.481 e. The highest BCUT2D eigenvalue weighted by molar-refractivity contribution is 5.93. The highest BCUT2D eigenvalue weighted by Gasteiger charge is 2.28. The number of furan rings is 1. The van der Waals surface area contributed by atoms with E-state index >= 15 is 0 Å². The molecule has 0 fully saturated rings. The van der Waals surface area contributed by atoms with Crippen molar-refractivity contribution in [3.63, 3.8) is 0 Å². The summed E-state index contributed by atoms with van der Waals surface area (Å²) in [6, 6.07) is 19.7. The first-order valence-electron chi connectivity index (χ1n) is 12.1. The van der Waals surface area contributed by atoms with Crippen LogP contribution in [0.2, 0.25) is 0 Å². The van der Waals surface area contributed by atoms with Gasteiger partial charge in [0.05, 0.1) is 37.8 Å². The third-order valence-corrected chi connectivity index (χ3v) is 6.63. The number of aliphatic hydroxyl groups is 1. The van der Waals surface area contributed by atoms with Crippen LogP contribution >= 0.6 is 0 Å². The van der Waals surface area contributed by atoms with Crippen molar-refractivity contribution in [3.8, 4) is 16.9 Å². The number of aliphatic hydroxyl groups excluding tert-OH is 1. The number of rotatable bonds is 7. The summed E-state index contributed by atoms with van der Waals surface area (Å²) >= 11 is 0. The maximum absolute atomic E-state index is 11.2. The number of hydrogen-bond donors (Lipinski definition) is 2. The van der Waals surface area contributed by atoms with Crippen LogP contribution in [0.1, 0.15) is 35.8 Å². The Balaban J connectivity index is 1.52. The summed E-state index contributed by atoms with van der Waals surface area (Å²) in [5, 5.41) is 10.5. The quantitative estimate of drug-likeness (QED) is 0.363. The summed E-state index contributed by atoms with van der Waals surface area (Å²) < 4.78 is 17.6. The average Bonchev–Trinajstić information content (AvgIpc) is 3.36. The number of nitrogens with zero attached hydrogens (tertiary/aromatic N) is 1. The van der Waals surface area contributed by atoms with Crippen LogP contribution < -0.4 is 15.4 Å². The van der Waals surface area contributed by atoms with Gasteiger partial charge in [0.2, 0.25) is 0 Å². The van der Waals surface area contributed by atoms with Gasteiger partial charge in [-0.2, -0.15) is 0 Å². The SMILES string of the molecule is CC(=O)OCCc1cccc2c1OC(c1cc(-c3cccc([C@H](N)CO)c3)c3occc3c1)CN2C. The molecule has 1 aliphatic heterocycles. The molecule has 1 aliphatic rings. The van der Waals surface area contributed by atoms with Crippen LogP contribution in [0, 0.1) is 0 Å². The average molecular weight is 487 g/mol. The Kier molecular flexibility index (Phi) is 6.67. The number of nitrogens with two attached hydrogens (primary N) is 1. The molecule has 0 saturated carbocycles. The highest BCUT2D eigenvalue weighted by Crippen LogP contribution is 2.42. The fourth-order valence-corrected chi connectivity index (χ4v) is 4.76. The number of hydrogen-bond acceptors (Lipinski definition) is 7. The Labute approximate surface area is 210 Å². The molecule has 7 heteroatoms. The Morgan fingerprint density at radius 3 is 2.83 bits per heavy atom. The molecule has 2 heterocycles. The van der Waals surface area contributed by atoms with Crippen molar-refractivity contribution in [1.82, 2.24) is 0 Å². The van der Waals surface area contributed by atoms with Crippen molar-refractivity contribution in [3.05, 3.63) is 83.6 Å². The molecular weight excluding hydrogens is 456 g/mol.